The van der Waals surface area contributed by atoms with Gasteiger partial charge in [-0.05, 0) is 23.9 Å². The number of nitrogens with one attached hydrogen (secondary N) is 1. The summed E-state index contributed by atoms with van der Waals surface area (Å²) in [7, 11) is 0. The molecule has 0 spiro atoms. The van der Waals surface area contributed by atoms with Gasteiger partial charge in [0.2, 0.25) is 0 Å². The predicted octanol–water partition coefficient (Wildman–Crippen LogP) is 3.95. The lowest BCUT2D eigenvalue weighted by molar-refractivity contribution is 0.713. The fraction of sp³-hybridized carbons (Fsp3) is 0.211. The van der Waals surface area contributed by atoms with Crippen molar-refractivity contribution in [3.8, 4) is 11.3 Å². The normalized spacial score (nSPS) is 14.0. The molecule has 0 saturated heterocycles. The average Bonchev–Trinajstić information content (AvgIpc) is 3.28. The Kier molecular flexibility index (Phi) is 3.31. The molecule has 0 bridgehead atoms. The number of hydrogen-bond acceptors (Lipinski definition) is 5. The molecule has 1 aliphatic heterocycles. The van der Waals surface area contributed by atoms with Crippen molar-refractivity contribution in [1.29, 1.82) is 0 Å². The quantitative estimate of drug-likeness (QED) is 0.596. The summed E-state index contributed by atoms with van der Waals surface area (Å²) in [6.07, 6.45) is 2.61. The minimum Gasteiger partial charge on any atom is -0.350 e. The predicted molar refractivity (Wildman–Crippen MR) is 101 cm³/mol. The second kappa shape index (κ2) is 5.67. The van der Waals surface area contributed by atoms with E-state index < -0.39 is 0 Å². The number of rotatable bonds is 2. The molecule has 0 radical (unpaired) electrons. The molecule has 0 aliphatic carbocycles. The number of thiophene rings is 1. The summed E-state index contributed by atoms with van der Waals surface area (Å²) in [6, 6.07) is 10.5. The number of H-pyrrole nitrogens is 1. The Morgan fingerprint density at radius 2 is 2.08 bits per heavy atom. The van der Waals surface area contributed by atoms with Gasteiger partial charge in [-0.15, -0.1) is 11.3 Å². The van der Waals surface area contributed by atoms with E-state index in [-0.39, 0.29) is 0 Å². The second-order valence-electron chi connectivity index (χ2n) is 6.35. The smallest absolute Gasteiger partial charge is 0.150 e. The minimum atomic E-state index is 0.819. The lowest BCUT2D eigenvalue weighted by Gasteiger charge is -2.28. The minimum absolute atomic E-state index is 0.819. The highest BCUT2D eigenvalue weighted by Crippen LogP contribution is 2.34. The molecule has 1 N–H and O–H groups in total. The molecule has 4 aromatic rings. The fourth-order valence-corrected chi connectivity index (χ4v) is 4.40. The van der Waals surface area contributed by atoms with Gasteiger partial charge in [0.1, 0.15) is 12.1 Å². The first-order chi connectivity index (χ1) is 12.3. The Morgan fingerprint density at radius 1 is 1.16 bits per heavy atom. The SMILES string of the molecule is Cc1ccccc1-c1n[nH]c2c1CN(c1ncnc3ccsc13)CC2. The first-order valence-corrected chi connectivity index (χ1v) is 9.24. The van der Waals surface area contributed by atoms with Crippen molar-refractivity contribution in [2.75, 3.05) is 11.4 Å². The first kappa shape index (κ1) is 14.6. The van der Waals surface area contributed by atoms with Crippen molar-refractivity contribution in [3.05, 3.63) is 58.9 Å². The zero-order valence-electron chi connectivity index (χ0n) is 13.9. The summed E-state index contributed by atoms with van der Waals surface area (Å²) >= 11 is 1.70. The van der Waals surface area contributed by atoms with Crippen LogP contribution in [0.25, 0.3) is 21.5 Å². The molecule has 0 unspecified atom stereocenters. The van der Waals surface area contributed by atoms with Crippen LogP contribution in [0.3, 0.4) is 0 Å². The molecule has 1 aliphatic rings. The van der Waals surface area contributed by atoms with Crippen LogP contribution in [0, 0.1) is 6.92 Å². The van der Waals surface area contributed by atoms with Gasteiger partial charge in [-0.2, -0.15) is 5.10 Å². The molecule has 5 rings (SSSR count). The molecule has 1 aromatic carbocycles. The number of benzene rings is 1. The lowest BCUT2D eigenvalue weighted by Crippen LogP contribution is -2.31. The third-order valence-electron chi connectivity index (χ3n) is 4.86. The van der Waals surface area contributed by atoms with E-state index in [0.717, 1.165) is 41.2 Å². The Morgan fingerprint density at radius 3 is 3.00 bits per heavy atom. The van der Waals surface area contributed by atoms with Crippen LogP contribution in [-0.2, 0) is 13.0 Å². The second-order valence-corrected chi connectivity index (χ2v) is 7.26. The van der Waals surface area contributed by atoms with E-state index >= 15 is 0 Å². The van der Waals surface area contributed by atoms with Gasteiger partial charge in [0, 0.05) is 36.3 Å². The summed E-state index contributed by atoms with van der Waals surface area (Å²) in [5, 5.41) is 9.96. The molecular formula is C19H17N5S. The highest BCUT2D eigenvalue weighted by atomic mass is 32.1. The number of anilines is 1. The van der Waals surface area contributed by atoms with Gasteiger partial charge in [-0.25, -0.2) is 9.97 Å². The summed E-state index contributed by atoms with van der Waals surface area (Å²) in [6.45, 7) is 3.89. The van der Waals surface area contributed by atoms with E-state index in [4.69, 9.17) is 0 Å². The van der Waals surface area contributed by atoms with Gasteiger partial charge >= 0.3 is 0 Å². The summed E-state index contributed by atoms with van der Waals surface area (Å²) in [4.78, 5) is 11.3. The molecule has 25 heavy (non-hydrogen) atoms. The highest BCUT2D eigenvalue weighted by molar-refractivity contribution is 7.17. The summed E-state index contributed by atoms with van der Waals surface area (Å²) < 4.78 is 1.16. The van der Waals surface area contributed by atoms with E-state index in [0.29, 0.717) is 0 Å². The lowest BCUT2D eigenvalue weighted by atomic mass is 9.98. The van der Waals surface area contributed by atoms with Crippen LogP contribution >= 0.6 is 11.3 Å². The molecule has 0 fully saturated rings. The maximum absolute atomic E-state index is 4.63. The number of aryl methyl sites for hydroxylation is 1. The van der Waals surface area contributed by atoms with Crippen LogP contribution in [0.1, 0.15) is 16.8 Å². The highest BCUT2D eigenvalue weighted by Gasteiger charge is 2.25. The molecular weight excluding hydrogens is 330 g/mol. The Hall–Kier alpha value is -2.73. The average molecular weight is 347 g/mol. The van der Waals surface area contributed by atoms with E-state index in [9.17, 15) is 0 Å². The van der Waals surface area contributed by atoms with Gasteiger partial charge in [-0.1, -0.05) is 24.3 Å². The molecule has 4 heterocycles. The van der Waals surface area contributed by atoms with Crippen molar-refractivity contribution in [3.63, 3.8) is 0 Å². The van der Waals surface area contributed by atoms with Crippen LogP contribution in [0.5, 0.6) is 0 Å². The van der Waals surface area contributed by atoms with Crippen LogP contribution < -0.4 is 4.90 Å². The van der Waals surface area contributed by atoms with Gasteiger partial charge in [-0.3, -0.25) is 5.10 Å². The molecule has 3 aromatic heterocycles. The van der Waals surface area contributed by atoms with Crippen LogP contribution in [-0.4, -0.2) is 26.7 Å². The number of nitrogens with zero attached hydrogens (tertiary/aromatic N) is 4. The Labute approximate surface area is 149 Å². The van der Waals surface area contributed by atoms with E-state index in [1.54, 1.807) is 17.7 Å². The third kappa shape index (κ3) is 2.33. The Bertz CT molecular complexity index is 1060. The maximum atomic E-state index is 4.63. The topological polar surface area (TPSA) is 57.7 Å². The zero-order chi connectivity index (χ0) is 16.8. The Balaban J connectivity index is 1.58. The van der Waals surface area contributed by atoms with Gasteiger partial charge in [0.15, 0.2) is 0 Å². The van der Waals surface area contributed by atoms with E-state index in [1.165, 1.54) is 22.4 Å². The molecule has 0 amide bonds. The van der Waals surface area contributed by atoms with Crippen molar-refractivity contribution in [2.24, 2.45) is 0 Å². The standard InChI is InChI=1S/C19H17N5S/c1-12-4-2-3-5-13(12)17-14-10-24(8-6-15(14)22-23-17)19-18-16(7-9-25-18)20-11-21-19/h2-5,7,9,11H,6,8,10H2,1H3,(H,22,23). The third-order valence-corrected chi connectivity index (χ3v) is 5.76. The van der Waals surface area contributed by atoms with E-state index in [2.05, 4.69) is 67.7 Å². The van der Waals surface area contributed by atoms with Gasteiger partial charge in [0.05, 0.1) is 15.9 Å². The molecule has 124 valence electrons. The van der Waals surface area contributed by atoms with Gasteiger partial charge < -0.3 is 4.90 Å². The van der Waals surface area contributed by atoms with E-state index in [1.807, 2.05) is 0 Å². The monoisotopic (exact) mass is 347 g/mol. The molecule has 0 saturated carbocycles. The van der Waals surface area contributed by atoms with Crippen molar-refractivity contribution >= 4 is 27.4 Å². The van der Waals surface area contributed by atoms with Crippen LogP contribution in [0.4, 0.5) is 5.82 Å². The maximum Gasteiger partial charge on any atom is 0.150 e. The molecule has 6 heteroatoms. The van der Waals surface area contributed by atoms with Gasteiger partial charge in [0.25, 0.3) is 0 Å². The fourth-order valence-electron chi connectivity index (χ4n) is 3.54. The van der Waals surface area contributed by atoms with Crippen molar-refractivity contribution in [1.82, 2.24) is 20.2 Å². The number of aromatic nitrogens is 4. The number of aromatic amines is 1. The zero-order valence-corrected chi connectivity index (χ0v) is 14.7. The first-order valence-electron chi connectivity index (χ1n) is 8.36. The summed E-state index contributed by atoms with van der Waals surface area (Å²) in [5.74, 6) is 1.03. The largest absolute Gasteiger partial charge is 0.350 e. The molecule has 0 atom stereocenters. The molecule has 5 nitrogen and oxygen atoms in total. The summed E-state index contributed by atoms with van der Waals surface area (Å²) in [5.41, 5.74) is 7.05. The van der Waals surface area contributed by atoms with Crippen LogP contribution in [0.2, 0.25) is 0 Å². The van der Waals surface area contributed by atoms with Crippen LogP contribution in [0.15, 0.2) is 42.0 Å². The number of fused-ring (bicyclic) bond motifs is 2. The number of hydrogen-bond donors (Lipinski definition) is 1. The van der Waals surface area contributed by atoms with Crippen molar-refractivity contribution < 1.29 is 0 Å². The van der Waals surface area contributed by atoms with Crippen molar-refractivity contribution in [2.45, 2.75) is 19.9 Å².